The van der Waals surface area contributed by atoms with Crippen molar-refractivity contribution in [3.8, 4) is 0 Å². The van der Waals surface area contributed by atoms with Crippen molar-refractivity contribution >= 4 is 5.78 Å². The van der Waals surface area contributed by atoms with Crippen molar-refractivity contribution in [1.82, 2.24) is 0 Å². The first-order valence-corrected chi connectivity index (χ1v) is 6.36. The third-order valence-electron chi connectivity index (χ3n) is 3.87. The Morgan fingerprint density at radius 3 is 2.40 bits per heavy atom. The molecule has 1 atom stereocenters. The van der Waals surface area contributed by atoms with Gasteiger partial charge in [-0.05, 0) is 19.3 Å². The summed E-state index contributed by atoms with van der Waals surface area (Å²) in [5.41, 5.74) is -0.133. The van der Waals surface area contributed by atoms with Crippen LogP contribution in [0.4, 0.5) is 0 Å². The van der Waals surface area contributed by atoms with E-state index in [4.69, 9.17) is 4.74 Å². The SMILES string of the molecule is CCCCCOC1CC(=O)C1(CC)CC. The minimum Gasteiger partial charge on any atom is -0.377 e. The Labute approximate surface area is 93.4 Å². The Morgan fingerprint density at radius 1 is 1.27 bits per heavy atom. The zero-order valence-electron chi connectivity index (χ0n) is 10.3. The molecule has 88 valence electrons. The van der Waals surface area contributed by atoms with Gasteiger partial charge in [-0.25, -0.2) is 0 Å². The highest BCUT2D eigenvalue weighted by Crippen LogP contribution is 2.45. The molecule has 0 amide bonds. The summed E-state index contributed by atoms with van der Waals surface area (Å²) in [4.78, 5) is 11.6. The van der Waals surface area contributed by atoms with E-state index < -0.39 is 0 Å². The van der Waals surface area contributed by atoms with Gasteiger partial charge in [-0.2, -0.15) is 0 Å². The lowest BCUT2D eigenvalue weighted by atomic mass is 9.61. The third kappa shape index (κ3) is 2.41. The van der Waals surface area contributed by atoms with E-state index in [2.05, 4.69) is 20.8 Å². The van der Waals surface area contributed by atoms with E-state index in [-0.39, 0.29) is 11.5 Å². The molecule has 0 aliphatic heterocycles. The lowest BCUT2D eigenvalue weighted by Crippen LogP contribution is -2.54. The molecule has 1 fully saturated rings. The Balaban J connectivity index is 2.33. The standard InChI is InChI=1S/C13H24O2/c1-4-7-8-9-15-12-10-11(14)13(12,5-2)6-3/h12H,4-10H2,1-3H3. The molecule has 1 rings (SSSR count). The first-order chi connectivity index (χ1) is 7.21. The van der Waals surface area contributed by atoms with Gasteiger partial charge in [-0.3, -0.25) is 4.79 Å². The smallest absolute Gasteiger partial charge is 0.144 e. The fourth-order valence-corrected chi connectivity index (χ4v) is 2.51. The monoisotopic (exact) mass is 212 g/mol. The first-order valence-electron chi connectivity index (χ1n) is 6.36. The lowest BCUT2D eigenvalue weighted by Gasteiger charge is -2.46. The normalized spacial score (nSPS) is 23.9. The van der Waals surface area contributed by atoms with Gasteiger partial charge in [0, 0.05) is 13.0 Å². The summed E-state index contributed by atoms with van der Waals surface area (Å²) < 4.78 is 5.83. The van der Waals surface area contributed by atoms with Gasteiger partial charge in [-0.1, -0.05) is 33.6 Å². The van der Waals surface area contributed by atoms with Crippen molar-refractivity contribution in [3.63, 3.8) is 0 Å². The van der Waals surface area contributed by atoms with Gasteiger partial charge in [0.15, 0.2) is 0 Å². The fraction of sp³-hybridized carbons (Fsp3) is 0.923. The van der Waals surface area contributed by atoms with E-state index in [9.17, 15) is 4.79 Å². The van der Waals surface area contributed by atoms with E-state index >= 15 is 0 Å². The molecule has 1 unspecified atom stereocenters. The van der Waals surface area contributed by atoms with Gasteiger partial charge >= 0.3 is 0 Å². The number of Topliss-reactive ketones (excluding diaryl/α,β-unsaturated/α-hetero) is 1. The molecule has 0 heterocycles. The molecule has 0 aromatic carbocycles. The van der Waals surface area contributed by atoms with Crippen molar-refractivity contribution in [3.05, 3.63) is 0 Å². The molecule has 1 aliphatic rings. The molecule has 2 nitrogen and oxygen atoms in total. The van der Waals surface area contributed by atoms with Gasteiger partial charge in [0.05, 0.1) is 11.5 Å². The van der Waals surface area contributed by atoms with Crippen LogP contribution in [0, 0.1) is 5.41 Å². The molecule has 0 radical (unpaired) electrons. The number of hydrogen-bond acceptors (Lipinski definition) is 2. The summed E-state index contributed by atoms with van der Waals surface area (Å²) in [6.07, 6.45) is 6.29. The van der Waals surface area contributed by atoms with E-state index in [1.807, 2.05) is 0 Å². The molecule has 1 saturated carbocycles. The molecule has 0 aromatic rings. The summed E-state index contributed by atoms with van der Waals surface area (Å²) >= 11 is 0. The number of unbranched alkanes of at least 4 members (excludes halogenated alkanes) is 2. The number of ketones is 1. The predicted octanol–water partition coefficient (Wildman–Crippen LogP) is 3.34. The van der Waals surface area contributed by atoms with Crippen molar-refractivity contribution in [1.29, 1.82) is 0 Å². The maximum Gasteiger partial charge on any atom is 0.144 e. The summed E-state index contributed by atoms with van der Waals surface area (Å²) in [7, 11) is 0. The molecule has 0 N–H and O–H groups in total. The van der Waals surface area contributed by atoms with Crippen LogP contribution in [0.5, 0.6) is 0 Å². The molecule has 0 saturated heterocycles. The van der Waals surface area contributed by atoms with Gasteiger partial charge in [0.1, 0.15) is 5.78 Å². The first kappa shape index (κ1) is 12.7. The van der Waals surface area contributed by atoms with Crippen LogP contribution >= 0.6 is 0 Å². The number of carbonyl (C=O) groups is 1. The van der Waals surface area contributed by atoms with Gasteiger partial charge in [0.2, 0.25) is 0 Å². The second-order valence-corrected chi connectivity index (χ2v) is 4.56. The number of hydrogen-bond donors (Lipinski definition) is 0. The Bertz CT molecular complexity index is 207. The number of rotatable bonds is 7. The molecule has 1 aliphatic carbocycles. The fourth-order valence-electron chi connectivity index (χ4n) is 2.51. The van der Waals surface area contributed by atoms with E-state index in [1.165, 1.54) is 12.8 Å². The van der Waals surface area contributed by atoms with Crippen LogP contribution in [0.1, 0.15) is 59.3 Å². The van der Waals surface area contributed by atoms with Crippen LogP contribution in [0.3, 0.4) is 0 Å². The average molecular weight is 212 g/mol. The van der Waals surface area contributed by atoms with Gasteiger partial charge in [-0.15, -0.1) is 0 Å². The average Bonchev–Trinajstić information content (AvgIpc) is 2.24. The van der Waals surface area contributed by atoms with Crippen molar-refractivity contribution in [2.24, 2.45) is 5.41 Å². The predicted molar refractivity (Wildman–Crippen MR) is 61.9 cm³/mol. The summed E-state index contributed by atoms with van der Waals surface area (Å²) in [6, 6.07) is 0. The van der Waals surface area contributed by atoms with Crippen LogP contribution < -0.4 is 0 Å². The zero-order valence-corrected chi connectivity index (χ0v) is 10.3. The molecule has 15 heavy (non-hydrogen) atoms. The molecule has 0 spiro atoms. The van der Waals surface area contributed by atoms with E-state index in [0.717, 1.165) is 25.9 Å². The Kier molecular flexibility index (Phi) is 4.78. The van der Waals surface area contributed by atoms with Crippen molar-refractivity contribution in [2.75, 3.05) is 6.61 Å². The summed E-state index contributed by atoms with van der Waals surface area (Å²) in [5.74, 6) is 0.410. The Morgan fingerprint density at radius 2 is 1.93 bits per heavy atom. The third-order valence-corrected chi connectivity index (χ3v) is 3.87. The van der Waals surface area contributed by atoms with Crippen molar-refractivity contribution < 1.29 is 9.53 Å². The van der Waals surface area contributed by atoms with Crippen LogP contribution in [0.2, 0.25) is 0 Å². The largest absolute Gasteiger partial charge is 0.377 e. The van der Waals surface area contributed by atoms with Crippen LogP contribution in [-0.4, -0.2) is 18.5 Å². The minimum atomic E-state index is -0.133. The van der Waals surface area contributed by atoms with Gasteiger partial charge < -0.3 is 4.74 Å². The highest BCUT2D eigenvalue weighted by molar-refractivity contribution is 5.92. The zero-order chi connectivity index (χ0) is 11.3. The second kappa shape index (κ2) is 5.64. The van der Waals surface area contributed by atoms with Crippen LogP contribution in [0.25, 0.3) is 0 Å². The maximum atomic E-state index is 11.6. The summed E-state index contributed by atoms with van der Waals surface area (Å²) in [5, 5.41) is 0. The Hall–Kier alpha value is -0.370. The second-order valence-electron chi connectivity index (χ2n) is 4.56. The molecule has 2 heteroatoms. The molecule has 0 aromatic heterocycles. The summed E-state index contributed by atoms with van der Waals surface area (Å²) in [6.45, 7) is 7.22. The van der Waals surface area contributed by atoms with Crippen molar-refractivity contribution in [2.45, 2.75) is 65.4 Å². The van der Waals surface area contributed by atoms with Crippen LogP contribution in [-0.2, 0) is 9.53 Å². The molecule has 0 bridgehead atoms. The van der Waals surface area contributed by atoms with Gasteiger partial charge in [0.25, 0.3) is 0 Å². The van der Waals surface area contributed by atoms with E-state index in [1.54, 1.807) is 0 Å². The topological polar surface area (TPSA) is 26.3 Å². The lowest BCUT2D eigenvalue weighted by molar-refractivity contribution is -0.165. The van der Waals surface area contributed by atoms with Crippen LogP contribution in [0.15, 0.2) is 0 Å². The number of carbonyl (C=O) groups excluding carboxylic acids is 1. The van der Waals surface area contributed by atoms with E-state index in [0.29, 0.717) is 12.2 Å². The maximum absolute atomic E-state index is 11.6. The molecular weight excluding hydrogens is 188 g/mol. The number of ether oxygens (including phenoxy) is 1. The highest BCUT2D eigenvalue weighted by atomic mass is 16.5. The molecular formula is C13H24O2. The minimum absolute atomic E-state index is 0.133. The highest BCUT2D eigenvalue weighted by Gasteiger charge is 2.52. The quantitative estimate of drug-likeness (QED) is 0.605.